The van der Waals surface area contributed by atoms with Crippen molar-refractivity contribution in [2.24, 2.45) is 4.99 Å². The van der Waals surface area contributed by atoms with Crippen molar-refractivity contribution in [3.8, 4) is 0 Å². The van der Waals surface area contributed by atoms with Gasteiger partial charge in [0.2, 0.25) is 0 Å². The lowest BCUT2D eigenvalue weighted by Gasteiger charge is -2.13. The van der Waals surface area contributed by atoms with Gasteiger partial charge in [-0.1, -0.05) is 30.3 Å². The topological polar surface area (TPSA) is 75.5 Å². The molecule has 1 aromatic heterocycles. The zero-order chi connectivity index (χ0) is 20.9. The van der Waals surface area contributed by atoms with Crippen molar-refractivity contribution in [1.29, 1.82) is 0 Å². The van der Waals surface area contributed by atoms with Gasteiger partial charge in [-0.25, -0.2) is 8.42 Å². The number of guanidine groups is 1. The van der Waals surface area contributed by atoms with Gasteiger partial charge in [0.15, 0.2) is 15.8 Å². The molecule has 0 aliphatic rings. The molecule has 0 saturated carbocycles. The first-order valence-corrected chi connectivity index (χ1v) is 11.6. The van der Waals surface area contributed by atoms with Gasteiger partial charge in [0.05, 0.1) is 4.90 Å². The van der Waals surface area contributed by atoms with E-state index in [0.29, 0.717) is 11.4 Å². The second kappa shape index (κ2) is 9.13. The number of aryl methyl sites for hydroxylation is 2. The average Bonchev–Trinajstić information content (AvgIpc) is 3.09. The SMILES string of the molecule is CN=C(NCCCn1ccc2ccccc21)NCc1ccc(S(C)(=O)=O)c(C)c1. The molecule has 0 saturated heterocycles. The lowest BCUT2D eigenvalue weighted by atomic mass is 10.1. The van der Waals surface area contributed by atoms with Crippen LogP contribution in [0.3, 0.4) is 0 Å². The molecule has 6 nitrogen and oxygen atoms in total. The fourth-order valence-electron chi connectivity index (χ4n) is 3.44. The average molecular weight is 413 g/mol. The number of hydrogen-bond acceptors (Lipinski definition) is 3. The summed E-state index contributed by atoms with van der Waals surface area (Å²) in [5, 5.41) is 7.87. The molecular formula is C22H28N4O2S. The van der Waals surface area contributed by atoms with Crippen LogP contribution in [-0.2, 0) is 22.9 Å². The minimum atomic E-state index is -3.19. The number of aliphatic imine (C=N–C) groups is 1. The van der Waals surface area contributed by atoms with Crippen molar-refractivity contribution < 1.29 is 8.42 Å². The van der Waals surface area contributed by atoms with Crippen molar-refractivity contribution in [3.05, 3.63) is 65.9 Å². The first-order chi connectivity index (χ1) is 13.9. The van der Waals surface area contributed by atoms with Crippen LogP contribution in [-0.4, -0.2) is 38.8 Å². The Hall–Kier alpha value is -2.80. The number of sulfone groups is 1. The highest BCUT2D eigenvalue weighted by Gasteiger charge is 2.11. The third kappa shape index (κ3) is 5.38. The molecule has 0 atom stereocenters. The Bertz CT molecular complexity index is 1120. The second-order valence-electron chi connectivity index (χ2n) is 7.15. The Balaban J connectivity index is 1.48. The number of nitrogens with one attached hydrogen (secondary N) is 2. The maximum absolute atomic E-state index is 11.7. The highest BCUT2D eigenvalue weighted by atomic mass is 32.2. The van der Waals surface area contributed by atoms with E-state index in [-0.39, 0.29) is 0 Å². The molecule has 1 heterocycles. The van der Waals surface area contributed by atoms with Crippen LogP contribution in [0.4, 0.5) is 0 Å². The van der Waals surface area contributed by atoms with Gasteiger partial charge < -0.3 is 15.2 Å². The standard InChI is InChI=1S/C22H28N4O2S/c1-17-15-18(9-10-21(17)29(3,27)28)16-25-22(23-2)24-12-6-13-26-14-11-19-7-4-5-8-20(19)26/h4-5,7-11,14-15H,6,12-13,16H2,1-3H3,(H2,23,24,25). The summed E-state index contributed by atoms with van der Waals surface area (Å²) in [6.45, 7) is 4.13. The molecule has 154 valence electrons. The molecule has 7 heteroatoms. The maximum atomic E-state index is 11.7. The van der Waals surface area contributed by atoms with Crippen LogP contribution in [0.25, 0.3) is 10.9 Å². The quantitative estimate of drug-likeness (QED) is 0.355. The maximum Gasteiger partial charge on any atom is 0.191 e. The van der Waals surface area contributed by atoms with Gasteiger partial charge in [-0.2, -0.15) is 0 Å². The molecule has 0 fully saturated rings. The van der Waals surface area contributed by atoms with Crippen LogP contribution in [0.1, 0.15) is 17.5 Å². The van der Waals surface area contributed by atoms with Crippen molar-refractivity contribution in [1.82, 2.24) is 15.2 Å². The number of nitrogens with zero attached hydrogens (tertiary/aromatic N) is 2. The largest absolute Gasteiger partial charge is 0.356 e. The Morgan fingerprint density at radius 3 is 2.62 bits per heavy atom. The summed E-state index contributed by atoms with van der Waals surface area (Å²) in [6.07, 6.45) is 4.33. The van der Waals surface area contributed by atoms with E-state index in [1.54, 1.807) is 13.1 Å². The Kier molecular flexibility index (Phi) is 6.59. The molecule has 3 rings (SSSR count). The number of fused-ring (bicyclic) bond motifs is 1. The molecule has 0 aliphatic heterocycles. The molecule has 0 radical (unpaired) electrons. The predicted molar refractivity (Wildman–Crippen MR) is 119 cm³/mol. The van der Waals surface area contributed by atoms with Gasteiger partial charge in [0, 0.05) is 44.7 Å². The van der Waals surface area contributed by atoms with Crippen LogP contribution in [0.2, 0.25) is 0 Å². The van der Waals surface area contributed by atoms with Crippen molar-refractivity contribution in [2.45, 2.75) is 31.3 Å². The molecule has 3 aromatic rings. The Labute approximate surface area is 172 Å². The van der Waals surface area contributed by atoms with Gasteiger partial charge in [0.1, 0.15) is 0 Å². The summed E-state index contributed by atoms with van der Waals surface area (Å²) >= 11 is 0. The first kappa shape index (κ1) is 20.9. The summed E-state index contributed by atoms with van der Waals surface area (Å²) in [7, 11) is -1.45. The van der Waals surface area contributed by atoms with Crippen molar-refractivity contribution in [3.63, 3.8) is 0 Å². The van der Waals surface area contributed by atoms with E-state index in [0.717, 1.165) is 36.6 Å². The second-order valence-corrected chi connectivity index (χ2v) is 9.13. The highest BCUT2D eigenvalue weighted by molar-refractivity contribution is 7.90. The fourth-order valence-corrected chi connectivity index (χ4v) is 4.39. The van der Waals surface area contributed by atoms with E-state index in [4.69, 9.17) is 0 Å². The summed E-state index contributed by atoms with van der Waals surface area (Å²) in [4.78, 5) is 4.63. The number of benzene rings is 2. The van der Waals surface area contributed by atoms with Gasteiger partial charge in [0.25, 0.3) is 0 Å². The van der Waals surface area contributed by atoms with Crippen LogP contribution in [0, 0.1) is 6.92 Å². The van der Waals surface area contributed by atoms with E-state index >= 15 is 0 Å². The summed E-state index contributed by atoms with van der Waals surface area (Å²) in [5.41, 5.74) is 3.02. The van der Waals surface area contributed by atoms with E-state index in [1.165, 1.54) is 17.2 Å². The highest BCUT2D eigenvalue weighted by Crippen LogP contribution is 2.17. The first-order valence-electron chi connectivity index (χ1n) is 9.66. The van der Waals surface area contributed by atoms with Gasteiger partial charge in [-0.15, -0.1) is 0 Å². The normalized spacial score (nSPS) is 12.3. The molecule has 29 heavy (non-hydrogen) atoms. The van der Waals surface area contributed by atoms with E-state index in [9.17, 15) is 8.42 Å². The van der Waals surface area contributed by atoms with Crippen molar-refractivity contribution >= 4 is 26.7 Å². The Morgan fingerprint density at radius 1 is 1.10 bits per heavy atom. The zero-order valence-corrected chi connectivity index (χ0v) is 18.0. The van der Waals surface area contributed by atoms with Crippen LogP contribution in [0.5, 0.6) is 0 Å². The van der Waals surface area contributed by atoms with Crippen LogP contribution < -0.4 is 10.6 Å². The predicted octanol–water partition coefficient (Wildman–Crippen LogP) is 3.11. The van der Waals surface area contributed by atoms with E-state index < -0.39 is 9.84 Å². The van der Waals surface area contributed by atoms with Crippen LogP contribution in [0.15, 0.2) is 64.6 Å². The molecule has 0 bridgehead atoms. The minimum Gasteiger partial charge on any atom is -0.356 e. The van der Waals surface area contributed by atoms with Gasteiger partial charge in [-0.3, -0.25) is 4.99 Å². The summed E-state index contributed by atoms with van der Waals surface area (Å²) in [5.74, 6) is 0.729. The smallest absolute Gasteiger partial charge is 0.191 e. The molecule has 0 unspecified atom stereocenters. The van der Waals surface area contributed by atoms with E-state index in [2.05, 4.69) is 56.7 Å². The molecule has 2 N–H and O–H groups in total. The third-order valence-electron chi connectivity index (χ3n) is 4.87. The molecule has 0 aliphatic carbocycles. The van der Waals surface area contributed by atoms with Crippen molar-refractivity contribution in [2.75, 3.05) is 19.8 Å². The van der Waals surface area contributed by atoms with E-state index in [1.807, 2.05) is 19.1 Å². The van der Waals surface area contributed by atoms with Gasteiger partial charge >= 0.3 is 0 Å². The molecule has 0 spiro atoms. The van der Waals surface area contributed by atoms with Gasteiger partial charge in [-0.05, 0) is 48.1 Å². The lowest BCUT2D eigenvalue weighted by Crippen LogP contribution is -2.37. The monoisotopic (exact) mass is 412 g/mol. The fraction of sp³-hybridized carbons (Fsp3) is 0.318. The van der Waals surface area contributed by atoms with Crippen LogP contribution >= 0.6 is 0 Å². The lowest BCUT2D eigenvalue weighted by molar-refractivity contribution is 0.601. The Morgan fingerprint density at radius 2 is 1.90 bits per heavy atom. The number of hydrogen-bond donors (Lipinski definition) is 2. The summed E-state index contributed by atoms with van der Waals surface area (Å²) < 4.78 is 25.7. The molecular weight excluding hydrogens is 384 g/mol. The number of para-hydroxylation sites is 1. The zero-order valence-electron chi connectivity index (χ0n) is 17.1. The number of aromatic nitrogens is 1. The minimum absolute atomic E-state index is 0.376. The third-order valence-corrected chi connectivity index (χ3v) is 6.13. The molecule has 2 aromatic carbocycles. The number of rotatable bonds is 7. The summed E-state index contributed by atoms with van der Waals surface area (Å²) in [6, 6.07) is 15.9. The molecule has 0 amide bonds.